The van der Waals surface area contributed by atoms with Gasteiger partial charge in [0.2, 0.25) is 10.0 Å². The SMILES string of the molecule is NS(=O)(=O)c1ccc(NC(=S)Nc2ccc(Cl)c(Cl)c2Cl)cc1. The molecule has 0 aliphatic rings. The Labute approximate surface area is 153 Å². The Bertz CT molecular complexity index is 856. The molecule has 5 nitrogen and oxygen atoms in total. The van der Waals surface area contributed by atoms with Crippen LogP contribution in [0.25, 0.3) is 0 Å². The van der Waals surface area contributed by atoms with Crippen molar-refractivity contribution in [2.75, 3.05) is 10.6 Å². The van der Waals surface area contributed by atoms with Crippen molar-refractivity contribution in [1.82, 2.24) is 0 Å². The number of benzene rings is 2. The third kappa shape index (κ3) is 4.69. The maximum Gasteiger partial charge on any atom is 0.238 e. The number of nitrogens with two attached hydrogens (primary N) is 1. The second-order valence-electron chi connectivity index (χ2n) is 4.37. The monoisotopic (exact) mass is 409 g/mol. The van der Waals surface area contributed by atoms with Crippen LogP contribution in [0.15, 0.2) is 41.3 Å². The molecule has 0 radical (unpaired) electrons. The van der Waals surface area contributed by atoms with Gasteiger partial charge in [-0.05, 0) is 48.6 Å². The normalized spacial score (nSPS) is 11.1. The Hall–Kier alpha value is -1.09. The Balaban J connectivity index is 2.10. The first-order chi connectivity index (χ1) is 10.7. The van der Waals surface area contributed by atoms with Crippen LogP contribution in [0.5, 0.6) is 0 Å². The fraction of sp³-hybridized carbons (Fsp3) is 0. The number of hydrogen-bond donors (Lipinski definition) is 3. The van der Waals surface area contributed by atoms with E-state index in [2.05, 4.69) is 10.6 Å². The van der Waals surface area contributed by atoms with Gasteiger partial charge in [0.15, 0.2) is 5.11 Å². The summed E-state index contributed by atoms with van der Waals surface area (Å²) in [4.78, 5) is 0.00875. The predicted octanol–water partition coefficient (Wildman–Crippen LogP) is 4.10. The molecule has 2 aromatic rings. The van der Waals surface area contributed by atoms with E-state index < -0.39 is 10.0 Å². The predicted molar refractivity (Wildman–Crippen MR) is 99.1 cm³/mol. The van der Waals surface area contributed by atoms with Gasteiger partial charge in [-0.2, -0.15) is 0 Å². The highest BCUT2D eigenvalue weighted by Gasteiger charge is 2.10. The topological polar surface area (TPSA) is 84.2 Å². The zero-order chi connectivity index (χ0) is 17.2. The molecule has 0 heterocycles. The second-order valence-corrected chi connectivity index (χ2v) is 7.50. The maximum atomic E-state index is 11.2. The molecule has 0 aromatic heterocycles. The van der Waals surface area contributed by atoms with Crippen molar-refractivity contribution in [3.63, 3.8) is 0 Å². The number of nitrogens with one attached hydrogen (secondary N) is 2. The van der Waals surface area contributed by atoms with Gasteiger partial charge in [0, 0.05) is 5.69 Å². The van der Waals surface area contributed by atoms with Crippen molar-refractivity contribution in [2.45, 2.75) is 4.90 Å². The van der Waals surface area contributed by atoms with Crippen LogP contribution >= 0.6 is 47.0 Å². The van der Waals surface area contributed by atoms with Gasteiger partial charge in [0.05, 0.1) is 25.7 Å². The minimum absolute atomic E-state index is 0.00875. The molecule has 4 N–H and O–H groups in total. The number of sulfonamides is 1. The first-order valence-electron chi connectivity index (χ1n) is 6.03. The summed E-state index contributed by atoms with van der Waals surface area (Å²) in [5.41, 5.74) is 1.06. The van der Waals surface area contributed by atoms with E-state index in [0.29, 0.717) is 16.4 Å². The van der Waals surface area contributed by atoms with Crippen LogP contribution < -0.4 is 15.8 Å². The third-order valence-corrected chi connectivity index (χ3v) is 5.15. The number of anilines is 2. The fourth-order valence-corrected chi connectivity index (χ4v) is 2.96. The molecule has 23 heavy (non-hydrogen) atoms. The van der Waals surface area contributed by atoms with Crippen molar-refractivity contribution < 1.29 is 8.42 Å². The number of thiocarbonyl (C=S) groups is 1. The summed E-state index contributed by atoms with van der Waals surface area (Å²) < 4.78 is 22.4. The molecule has 0 aliphatic carbocycles. The van der Waals surface area contributed by atoms with E-state index in [1.54, 1.807) is 12.1 Å². The molecule has 0 unspecified atom stereocenters. The quantitative estimate of drug-likeness (QED) is 0.524. The van der Waals surface area contributed by atoms with Crippen LogP contribution in [0.4, 0.5) is 11.4 Å². The smallest absolute Gasteiger partial charge is 0.238 e. The first kappa shape index (κ1) is 18.3. The molecule has 10 heteroatoms. The first-order valence-corrected chi connectivity index (χ1v) is 9.11. The lowest BCUT2D eigenvalue weighted by Crippen LogP contribution is -2.19. The van der Waals surface area contributed by atoms with E-state index in [-0.39, 0.29) is 20.1 Å². The van der Waals surface area contributed by atoms with E-state index in [0.717, 1.165) is 0 Å². The highest BCUT2D eigenvalue weighted by atomic mass is 35.5. The second kappa shape index (κ2) is 7.21. The van der Waals surface area contributed by atoms with Crippen LogP contribution in [-0.4, -0.2) is 13.5 Å². The Morgan fingerprint density at radius 1 is 0.957 bits per heavy atom. The lowest BCUT2D eigenvalue weighted by molar-refractivity contribution is 0.598. The van der Waals surface area contributed by atoms with Crippen molar-refractivity contribution in [3.8, 4) is 0 Å². The van der Waals surface area contributed by atoms with Crippen molar-refractivity contribution in [3.05, 3.63) is 51.5 Å². The maximum absolute atomic E-state index is 11.2. The van der Waals surface area contributed by atoms with Gasteiger partial charge in [-0.3, -0.25) is 0 Å². The van der Waals surface area contributed by atoms with Gasteiger partial charge in [0.1, 0.15) is 0 Å². The number of halogens is 3. The van der Waals surface area contributed by atoms with Crippen LogP contribution in [0.2, 0.25) is 15.1 Å². The number of hydrogen-bond acceptors (Lipinski definition) is 3. The molecule has 0 bridgehead atoms. The van der Waals surface area contributed by atoms with E-state index in [9.17, 15) is 8.42 Å². The summed E-state index contributed by atoms with van der Waals surface area (Å²) in [6, 6.07) is 9.02. The average molecular weight is 411 g/mol. The van der Waals surface area contributed by atoms with Crippen molar-refractivity contribution in [2.24, 2.45) is 5.14 Å². The summed E-state index contributed by atoms with van der Waals surface area (Å²) in [7, 11) is -3.73. The van der Waals surface area contributed by atoms with Crippen molar-refractivity contribution in [1.29, 1.82) is 0 Å². The molecule has 0 amide bonds. The fourth-order valence-electron chi connectivity index (χ4n) is 1.64. The van der Waals surface area contributed by atoms with Gasteiger partial charge in [-0.25, -0.2) is 13.6 Å². The Kier molecular flexibility index (Phi) is 5.72. The van der Waals surface area contributed by atoms with Gasteiger partial charge >= 0.3 is 0 Å². The van der Waals surface area contributed by atoms with Crippen LogP contribution in [-0.2, 0) is 10.0 Å². The molecule has 0 fully saturated rings. The Morgan fingerprint density at radius 3 is 2.13 bits per heavy atom. The van der Waals surface area contributed by atoms with Gasteiger partial charge in [0.25, 0.3) is 0 Å². The Morgan fingerprint density at radius 2 is 1.57 bits per heavy atom. The summed E-state index contributed by atoms with van der Waals surface area (Å²) in [6.45, 7) is 0. The summed E-state index contributed by atoms with van der Waals surface area (Å²) in [6.07, 6.45) is 0. The third-order valence-electron chi connectivity index (χ3n) is 2.72. The van der Waals surface area contributed by atoms with E-state index >= 15 is 0 Å². The minimum Gasteiger partial charge on any atom is -0.332 e. The molecule has 0 spiro atoms. The zero-order valence-corrected chi connectivity index (χ0v) is 15.2. The molecule has 0 saturated heterocycles. The largest absolute Gasteiger partial charge is 0.332 e. The molecule has 0 aliphatic heterocycles. The average Bonchev–Trinajstić information content (AvgIpc) is 2.47. The van der Waals surface area contributed by atoms with E-state index in [4.69, 9.17) is 52.2 Å². The molecular weight excluding hydrogens is 401 g/mol. The van der Waals surface area contributed by atoms with E-state index in [1.807, 2.05) is 0 Å². The lowest BCUT2D eigenvalue weighted by atomic mass is 10.3. The summed E-state index contributed by atoms with van der Waals surface area (Å²) >= 11 is 23.0. The number of rotatable bonds is 3. The molecule has 2 rings (SSSR count). The molecule has 122 valence electrons. The molecule has 0 saturated carbocycles. The molecular formula is C13H10Cl3N3O2S2. The van der Waals surface area contributed by atoms with Crippen LogP contribution in [0.3, 0.4) is 0 Å². The summed E-state index contributed by atoms with van der Waals surface area (Å²) in [5.74, 6) is 0. The van der Waals surface area contributed by atoms with Gasteiger partial charge in [-0.15, -0.1) is 0 Å². The highest BCUT2D eigenvalue weighted by Crippen LogP contribution is 2.35. The molecule has 0 atom stereocenters. The highest BCUT2D eigenvalue weighted by molar-refractivity contribution is 7.89. The van der Waals surface area contributed by atoms with Gasteiger partial charge in [-0.1, -0.05) is 34.8 Å². The summed E-state index contributed by atoms with van der Waals surface area (Å²) in [5, 5.41) is 11.8. The minimum atomic E-state index is -3.73. The van der Waals surface area contributed by atoms with Crippen molar-refractivity contribution >= 4 is 73.5 Å². The van der Waals surface area contributed by atoms with E-state index in [1.165, 1.54) is 24.3 Å². The number of primary sulfonamides is 1. The van der Waals surface area contributed by atoms with Crippen LogP contribution in [0, 0.1) is 0 Å². The van der Waals surface area contributed by atoms with Gasteiger partial charge < -0.3 is 10.6 Å². The lowest BCUT2D eigenvalue weighted by Gasteiger charge is -2.13. The standard InChI is InChI=1S/C13H10Cl3N3O2S2/c14-9-5-6-10(12(16)11(9)15)19-13(22)18-7-1-3-8(4-2-7)23(17,20)21/h1-6H,(H2,17,20,21)(H2,18,19,22). The van der Waals surface area contributed by atoms with Crippen LogP contribution in [0.1, 0.15) is 0 Å². The molecule has 2 aromatic carbocycles. The zero-order valence-electron chi connectivity index (χ0n) is 11.3.